The van der Waals surface area contributed by atoms with E-state index in [1.807, 2.05) is 72.8 Å². The van der Waals surface area contributed by atoms with Crippen LogP contribution in [0, 0.1) is 0 Å². The third-order valence-electron chi connectivity index (χ3n) is 5.06. The van der Waals surface area contributed by atoms with Crippen LogP contribution >= 0.6 is 0 Å². The average Bonchev–Trinajstić information content (AvgIpc) is 2.85. The minimum Gasteiger partial charge on any atom is -0.267 e. The van der Waals surface area contributed by atoms with Crippen molar-refractivity contribution in [1.82, 2.24) is 24.5 Å². The number of fused-ring (bicyclic) bond motifs is 1. The average molecular weight is 417 g/mol. The van der Waals surface area contributed by atoms with Gasteiger partial charge in [-0.25, -0.2) is 9.97 Å². The molecule has 1 aromatic carbocycles. The topological polar surface area (TPSA) is 73.6 Å². The highest BCUT2D eigenvalue weighted by Gasteiger charge is 2.14. The molecule has 0 fully saturated rings. The van der Waals surface area contributed by atoms with Crippen molar-refractivity contribution in [2.24, 2.45) is 0 Å². The zero-order valence-corrected chi connectivity index (χ0v) is 17.2. The van der Waals surface area contributed by atoms with Crippen LogP contribution in [0.5, 0.6) is 0 Å². The van der Waals surface area contributed by atoms with Gasteiger partial charge in [-0.1, -0.05) is 36.4 Å². The van der Waals surface area contributed by atoms with Gasteiger partial charge in [0.05, 0.1) is 5.69 Å². The second-order valence-electron chi connectivity index (χ2n) is 7.30. The molecule has 6 heteroatoms. The molecule has 0 saturated heterocycles. The van der Waals surface area contributed by atoms with Gasteiger partial charge in [0, 0.05) is 37.4 Å². The molecule has 32 heavy (non-hydrogen) atoms. The molecule has 0 N–H and O–H groups in total. The van der Waals surface area contributed by atoms with Crippen molar-refractivity contribution < 1.29 is 0 Å². The Labute approximate surface area is 184 Å². The van der Waals surface area contributed by atoms with E-state index in [0.717, 1.165) is 22.4 Å². The van der Waals surface area contributed by atoms with E-state index in [2.05, 4.69) is 19.9 Å². The highest BCUT2D eigenvalue weighted by atomic mass is 16.1. The van der Waals surface area contributed by atoms with Gasteiger partial charge in [0.1, 0.15) is 11.2 Å². The molecule has 0 aliphatic rings. The fourth-order valence-corrected chi connectivity index (χ4v) is 3.55. The molecule has 6 nitrogen and oxygen atoms in total. The van der Waals surface area contributed by atoms with E-state index in [4.69, 9.17) is 0 Å². The standard InChI is InChI=1S/C26H19N5O/c32-26-24(16-21-7-3-13-28-18-21)30-23-9-4-14-29-25(23)31(26)22-8-1-5-19(15-22)10-11-20-6-2-12-27-17-20/h1-15,17-18H,16H2. The Bertz CT molecular complexity index is 1460. The van der Waals surface area contributed by atoms with Gasteiger partial charge in [-0.15, -0.1) is 0 Å². The van der Waals surface area contributed by atoms with Crippen LogP contribution in [0.2, 0.25) is 0 Å². The maximum absolute atomic E-state index is 13.5. The number of benzene rings is 1. The lowest BCUT2D eigenvalue weighted by molar-refractivity contribution is 0.924. The molecule has 154 valence electrons. The Hall–Kier alpha value is -4.45. The number of hydrogen-bond acceptors (Lipinski definition) is 5. The number of nitrogens with zero attached hydrogens (tertiary/aromatic N) is 5. The van der Waals surface area contributed by atoms with Crippen LogP contribution < -0.4 is 5.56 Å². The van der Waals surface area contributed by atoms with E-state index < -0.39 is 0 Å². The lowest BCUT2D eigenvalue weighted by Gasteiger charge is -2.12. The lowest BCUT2D eigenvalue weighted by Crippen LogP contribution is -2.25. The zero-order valence-electron chi connectivity index (χ0n) is 17.2. The van der Waals surface area contributed by atoms with E-state index in [1.54, 1.807) is 35.6 Å². The van der Waals surface area contributed by atoms with E-state index in [1.165, 1.54) is 0 Å². The fourth-order valence-electron chi connectivity index (χ4n) is 3.55. The van der Waals surface area contributed by atoms with Gasteiger partial charge in [0.2, 0.25) is 0 Å². The van der Waals surface area contributed by atoms with Crippen molar-refractivity contribution in [2.75, 3.05) is 0 Å². The van der Waals surface area contributed by atoms with E-state index in [0.29, 0.717) is 23.3 Å². The van der Waals surface area contributed by atoms with Crippen LogP contribution in [0.4, 0.5) is 0 Å². The summed E-state index contributed by atoms with van der Waals surface area (Å²) in [4.78, 5) is 30.8. The molecule has 4 aromatic heterocycles. The Morgan fingerprint density at radius 1 is 0.812 bits per heavy atom. The van der Waals surface area contributed by atoms with Gasteiger partial charge in [-0.05, 0) is 53.1 Å². The monoisotopic (exact) mass is 417 g/mol. The van der Waals surface area contributed by atoms with Gasteiger partial charge in [-0.2, -0.15) is 0 Å². The van der Waals surface area contributed by atoms with Gasteiger partial charge in [0.15, 0.2) is 5.65 Å². The van der Waals surface area contributed by atoms with Gasteiger partial charge >= 0.3 is 0 Å². The summed E-state index contributed by atoms with van der Waals surface area (Å²) in [7, 11) is 0. The first-order chi connectivity index (χ1) is 15.8. The van der Waals surface area contributed by atoms with Crippen LogP contribution in [0.3, 0.4) is 0 Å². The SMILES string of the molecule is O=c1c(Cc2cccnc2)nc2cccnc2n1-c1cccc(C=Cc2cccnc2)c1. The van der Waals surface area contributed by atoms with Crippen molar-refractivity contribution in [3.63, 3.8) is 0 Å². The molecular formula is C26H19N5O. The van der Waals surface area contributed by atoms with Crippen molar-refractivity contribution in [3.05, 3.63) is 124 Å². The smallest absolute Gasteiger partial charge is 0.267 e. The zero-order chi connectivity index (χ0) is 21.8. The number of rotatable bonds is 5. The highest BCUT2D eigenvalue weighted by molar-refractivity contribution is 5.74. The first-order valence-electron chi connectivity index (χ1n) is 10.2. The number of aromatic nitrogens is 5. The van der Waals surface area contributed by atoms with Crippen molar-refractivity contribution in [1.29, 1.82) is 0 Å². The summed E-state index contributed by atoms with van der Waals surface area (Å²) in [6.45, 7) is 0. The predicted molar refractivity (Wildman–Crippen MR) is 125 cm³/mol. The summed E-state index contributed by atoms with van der Waals surface area (Å²) >= 11 is 0. The van der Waals surface area contributed by atoms with E-state index >= 15 is 0 Å². The van der Waals surface area contributed by atoms with Crippen molar-refractivity contribution in [2.45, 2.75) is 6.42 Å². The molecule has 0 bridgehead atoms. The molecule has 0 unspecified atom stereocenters. The third kappa shape index (κ3) is 4.06. The summed E-state index contributed by atoms with van der Waals surface area (Å²) < 4.78 is 1.63. The predicted octanol–water partition coefficient (Wildman–Crippen LogP) is 4.33. The Morgan fingerprint density at radius 3 is 2.41 bits per heavy atom. The summed E-state index contributed by atoms with van der Waals surface area (Å²) in [5, 5.41) is 0. The maximum atomic E-state index is 13.5. The second-order valence-corrected chi connectivity index (χ2v) is 7.30. The highest BCUT2D eigenvalue weighted by Crippen LogP contribution is 2.17. The summed E-state index contributed by atoms with van der Waals surface area (Å²) in [6.07, 6.45) is 13.1. The molecule has 0 spiro atoms. The Morgan fingerprint density at radius 2 is 1.59 bits per heavy atom. The number of pyridine rings is 3. The maximum Gasteiger partial charge on any atom is 0.278 e. The van der Waals surface area contributed by atoms with Gasteiger partial charge < -0.3 is 0 Å². The molecule has 0 radical (unpaired) electrons. The molecule has 0 saturated carbocycles. The minimum atomic E-state index is -0.187. The third-order valence-corrected chi connectivity index (χ3v) is 5.06. The Kier molecular flexibility index (Phi) is 5.32. The molecule has 0 atom stereocenters. The number of hydrogen-bond donors (Lipinski definition) is 0. The van der Waals surface area contributed by atoms with Crippen LogP contribution in [-0.4, -0.2) is 24.5 Å². The van der Waals surface area contributed by atoms with Crippen molar-refractivity contribution >= 4 is 23.3 Å². The van der Waals surface area contributed by atoms with Crippen molar-refractivity contribution in [3.8, 4) is 5.69 Å². The summed E-state index contributed by atoms with van der Waals surface area (Å²) in [5.41, 5.74) is 5.10. The molecular weight excluding hydrogens is 398 g/mol. The largest absolute Gasteiger partial charge is 0.278 e. The molecule has 4 heterocycles. The minimum absolute atomic E-state index is 0.187. The molecule has 5 rings (SSSR count). The van der Waals surface area contributed by atoms with Crippen LogP contribution in [0.25, 0.3) is 29.0 Å². The first-order valence-corrected chi connectivity index (χ1v) is 10.2. The lowest BCUT2D eigenvalue weighted by atomic mass is 10.1. The summed E-state index contributed by atoms with van der Waals surface area (Å²) in [6, 6.07) is 19.2. The van der Waals surface area contributed by atoms with Gasteiger partial charge in [0.25, 0.3) is 5.56 Å². The normalized spacial score (nSPS) is 11.2. The molecule has 5 aromatic rings. The summed E-state index contributed by atoms with van der Waals surface area (Å²) in [5.74, 6) is 0. The van der Waals surface area contributed by atoms with Gasteiger partial charge in [-0.3, -0.25) is 19.3 Å². The quantitative estimate of drug-likeness (QED) is 0.426. The molecule has 0 amide bonds. The van der Waals surface area contributed by atoms with Crippen LogP contribution in [0.1, 0.15) is 22.4 Å². The molecule has 0 aliphatic heterocycles. The Balaban J connectivity index is 1.61. The van der Waals surface area contributed by atoms with E-state index in [-0.39, 0.29) is 5.56 Å². The first kappa shape index (κ1) is 19.5. The molecule has 0 aliphatic carbocycles. The van der Waals surface area contributed by atoms with Crippen LogP contribution in [0.15, 0.2) is 96.4 Å². The van der Waals surface area contributed by atoms with E-state index in [9.17, 15) is 4.79 Å². The fraction of sp³-hybridized carbons (Fsp3) is 0.0385. The second kappa shape index (κ2) is 8.73. The van der Waals surface area contributed by atoms with Crippen LogP contribution in [-0.2, 0) is 6.42 Å².